The van der Waals surface area contributed by atoms with Crippen LogP contribution in [0.4, 0.5) is 5.82 Å². The van der Waals surface area contributed by atoms with Gasteiger partial charge in [-0.2, -0.15) is 0 Å². The number of nitrogens with one attached hydrogen (secondary N) is 2. The van der Waals surface area contributed by atoms with E-state index < -0.39 is 18.3 Å². The highest BCUT2D eigenvalue weighted by Crippen LogP contribution is 2.31. The van der Waals surface area contributed by atoms with E-state index in [4.69, 9.17) is 9.47 Å². The molecular weight excluding hydrogens is 470 g/mol. The molecule has 3 aromatic heterocycles. The monoisotopic (exact) mass is 497 g/mol. The number of anilines is 1. The molecule has 3 aromatic rings. The molecule has 0 radical (unpaired) electrons. The first kappa shape index (κ1) is 23.9. The summed E-state index contributed by atoms with van der Waals surface area (Å²) in [5.74, 6) is 1.39. The minimum absolute atomic E-state index is 0.0396. The smallest absolute Gasteiger partial charge is 0.235 e. The van der Waals surface area contributed by atoms with Crippen molar-refractivity contribution in [2.45, 2.75) is 48.6 Å². The van der Waals surface area contributed by atoms with Gasteiger partial charge < -0.3 is 30.3 Å². The molecule has 0 aliphatic carbocycles. The summed E-state index contributed by atoms with van der Waals surface area (Å²) in [6, 6.07) is 9.13. The van der Waals surface area contributed by atoms with Gasteiger partial charge >= 0.3 is 0 Å². The molecule has 5 rings (SSSR count). The molecule has 1 saturated heterocycles. The van der Waals surface area contributed by atoms with Gasteiger partial charge in [0.25, 0.3) is 0 Å². The molecule has 0 unspecified atom stereocenters. The third kappa shape index (κ3) is 5.24. The molecule has 1 amide bonds. The number of aromatic nitrogens is 3. The van der Waals surface area contributed by atoms with E-state index >= 15 is 0 Å². The van der Waals surface area contributed by atoms with Crippen molar-refractivity contribution in [2.75, 3.05) is 24.8 Å². The summed E-state index contributed by atoms with van der Waals surface area (Å²) in [5.41, 5.74) is 2.41. The number of hydrogen-bond acceptors (Lipinski definition) is 10. The Labute approximate surface area is 206 Å². The van der Waals surface area contributed by atoms with Crippen LogP contribution in [0.25, 0.3) is 11.0 Å². The van der Waals surface area contributed by atoms with Crippen molar-refractivity contribution < 1.29 is 24.5 Å². The second-order valence-corrected chi connectivity index (χ2v) is 9.59. The molecule has 2 aliphatic heterocycles. The van der Waals surface area contributed by atoms with Gasteiger partial charge in [-0.1, -0.05) is 0 Å². The number of methoxy groups -OCH3 is 1. The maximum atomic E-state index is 11.6. The van der Waals surface area contributed by atoms with Crippen LogP contribution < -0.4 is 15.4 Å². The number of fused-ring (bicyclic) bond motifs is 2. The van der Waals surface area contributed by atoms with Crippen LogP contribution in [0, 0.1) is 0 Å². The van der Waals surface area contributed by atoms with Gasteiger partial charge in [-0.05, 0) is 37.1 Å². The minimum atomic E-state index is -1.18. The van der Waals surface area contributed by atoms with E-state index in [2.05, 4.69) is 25.6 Å². The third-order valence-corrected chi connectivity index (χ3v) is 7.28. The number of hydrogen-bond donors (Lipinski definition) is 4. The molecule has 0 bridgehead atoms. The zero-order chi connectivity index (χ0) is 24.4. The summed E-state index contributed by atoms with van der Waals surface area (Å²) < 4.78 is 11.1. The first-order valence-electron chi connectivity index (χ1n) is 11.4. The van der Waals surface area contributed by atoms with Gasteiger partial charge in [0.1, 0.15) is 18.0 Å². The molecule has 11 heteroatoms. The van der Waals surface area contributed by atoms with Crippen molar-refractivity contribution in [3.63, 3.8) is 0 Å². The molecule has 10 nitrogen and oxygen atoms in total. The van der Waals surface area contributed by atoms with E-state index in [1.165, 1.54) is 18.9 Å². The van der Waals surface area contributed by atoms with Gasteiger partial charge in [-0.15, -0.1) is 11.8 Å². The largest absolute Gasteiger partial charge is 0.481 e. The minimum Gasteiger partial charge on any atom is -0.481 e. The first-order chi connectivity index (χ1) is 17.0. The van der Waals surface area contributed by atoms with E-state index in [0.29, 0.717) is 53.6 Å². The van der Waals surface area contributed by atoms with Gasteiger partial charge in [0, 0.05) is 30.4 Å². The standard InChI is InChI=1S/C24H27N5O5S/c1-33-20-7-4-16-21(29-20)15(8-9-25-16)22(31)23(32)17-5-2-14(11-34-17)26-10-13-3-6-18-24(27-13)28-19(30)12-35-18/h3-4,6-9,14,17,22-23,26,31-32H,2,5,10-12H2,1H3,(H,27,28,30)/t14-,17+,22-,23+/m1/s1. The van der Waals surface area contributed by atoms with Crippen molar-refractivity contribution in [2.24, 2.45) is 0 Å². The highest BCUT2D eigenvalue weighted by molar-refractivity contribution is 8.00. The average Bonchev–Trinajstić information content (AvgIpc) is 2.90. The number of thioether (sulfide) groups is 1. The molecule has 35 heavy (non-hydrogen) atoms. The predicted molar refractivity (Wildman–Crippen MR) is 130 cm³/mol. The van der Waals surface area contributed by atoms with E-state index in [9.17, 15) is 15.0 Å². The molecule has 184 valence electrons. The summed E-state index contributed by atoms with van der Waals surface area (Å²) in [5, 5.41) is 28.1. The number of ether oxygens (including phenoxy) is 2. The lowest BCUT2D eigenvalue weighted by atomic mass is 9.94. The predicted octanol–water partition coefficient (Wildman–Crippen LogP) is 1.81. The average molecular weight is 498 g/mol. The summed E-state index contributed by atoms with van der Waals surface area (Å²) in [6.45, 7) is 0.934. The van der Waals surface area contributed by atoms with Crippen molar-refractivity contribution in [1.29, 1.82) is 0 Å². The van der Waals surface area contributed by atoms with Gasteiger partial charge in [0.05, 0.1) is 47.2 Å². The van der Waals surface area contributed by atoms with Crippen molar-refractivity contribution in [1.82, 2.24) is 20.3 Å². The Balaban J connectivity index is 1.17. The van der Waals surface area contributed by atoms with Gasteiger partial charge in [-0.3, -0.25) is 9.78 Å². The van der Waals surface area contributed by atoms with Crippen LogP contribution in [0.1, 0.15) is 30.2 Å². The molecule has 0 aromatic carbocycles. The quantitative estimate of drug-likeness (QED) is 0.382. The highest BCUT2D eigenvalue weighted by atomic mass is 32.2. The van der Waals surface area contributed by atoms with E-state index in [1.807, 2.05) is 12.1 Å². The lowest BCUT2D eigenvalue weighted by Crippen LogP contribution is -2.45. The Morgan fingerprint density at radius 2 is 2.11 bits per heavy atom. The second-order valence-electron chi connectivity index (χ2n) is 8.57. The van der Waals surface area contributed by atoms with Gasteiger partial charge in [0.15, 0.2) is 0 Å². The molecule has 5 heterocycles. The number of amides is 1. The third-order valence-electron chi connectivity index (χ3n) is 6.24. The lowest BCUT2D eigenvalue weighted by molar-refractivity contribution is -0.114. The molecule has 1 fully saturated rings. The molecule has 4 N–H and O–H groups in total. The summed E-state index contributed by atoms with van der Waals surface area (Å²) in [6.07, 6.45) is 0.142. The summed E-state index contributed by atoms with van der Waals surface area (Å²) >= 11 is 1.48. The number of aliphatic hydroxyl groups excluding tert-OH is 2. The molecule has 0 saturated carbocycles. The van der Waals surface area contributed by atoms with Crippen molar-refractivity contribution in [3.05, 3.63) is 47.8 Å². The molecule has 2 aliphatic rings. The Kier molecular flexibility index (Phi) is 7.12. The lowest BCUT2D eigenvalue weighted by Gasteiger charge is -2.34. The fourth-order valence-electron chi connectivity index (χ4n) is 4.32. The van der Waals surface area contributed by atoms with Crippen LogP contribution in [-0.2, 0) is 16.1 Å². The topological polar surface area (TPSA) is 139 Å². The highest BCUT2D eigenvalue weighted by Gasteiger charge is 2.33. The normalized spacial score (nSPS) is 21.7. The van der Waals surface area contributed by atoms with Gasteiger partial charge in [-0.25, -0.2) is 9.97 Å². The second kappa shape index (κ2) is 10.4. The number of aliphatic hydroxyl groups is 2. The number of carbonyl (C=O) groups is 1. The first-order valence-corrected chi connectivity index (χ1v) is 12.4. The fourth-order valence-corrected chi connectivity index (χ4v) is 5.08. The number of nitrogens with zero attached hydrogens (tertiary/aromatic N) is 3. The van der Waals surface area contributed by atoms with Crippen LogP contribution in [-0.4, -0.2) is 68.8 Å². The van der Waals surface area contributed by atoms with Crippen LogP contribution in [0.3, 0.4) is 0 Å². The Bertz CT molecular complexity index is 1220. The molecule has 0 spiro atoms. The van der Waals surface area contributed by atoms with E-state index in [-0.39, 0.29) is 11.9 Å². The van der Waals surface area contributed by atoms with Crippen molar-refractivity contribution >= 4 is 34.5 Å². The zero-order valence-electron chi connectivity index (χ0n) is 19.2. The van der Waals surface area contributed by atoms with Crippen molar-refractivity contribution in [3.8, 4) is 5.88 Å². The Hall–Kier alpha value is -2.83. The zero-order valence-corrected chi connectivity index (χ0v) is 20.0. The van der Waals surface area contributed by atoms with Crippen LogP contribution >= 0.6 is 11.8 Å². The van der Waals surface area contributed by atoms with E-state index in [0.717, 1.165) is 17.0 Å². The maximum Gasteiger partial charge on any atom is 0.235 e. The van der Waals surface area contributed by atoms with Crippen LogP contribution in [0.5, 0.6) is 5.88 Å². The number of rotatable bonds is 7. The van der Waals surface area contributed by atoms with E-state index in [1.54, 1.807) is 24.4 Å². The van der Waals surface area contributed by atoms with Crippen LogP contribution in [0.15, 0.2) is 41.4 Å². The summed E-state index contributed by atoms with van der Waals surface area (Å²) in [4.78, 5) is 25.8. The number of pyridine rings is 3. The Morgan fingerprint density at radius 3 is 2.91 bits per heavy atom. The Morgan fingerprint density at radius 1 is 1.23 bits per heavy atom. The summed E-state index contributed by atoms with van der Waals surface area (Å²) in [7, 11) is 1.52. The number of carbonyl (C=O) groups excluding carboxylic acids is 1. The SMILES string of the molecule is COc1ccc2nccc([C@@H](O)[C@@H](O)[C@@H]3CC[C@@H](NCc4ccc5c(n4)NC(=O)CS5)CO3)c2n1. The molecule has 4 atom stereocenters. The molecular formula is C24H27N5O5S. The maximum absolute atomic E-state index is 11.6. The van der Waals surface area contributed by atoms with Gasteiger partial charge in [0.2, 0.25) is 11.8 Å². The fraction of sp³-hybridized carbons (Fsp3) is 0.417. The van der Waals surface area contributed by atoms with Crippen LogP contribution in [0.2, 0.25) is 0 Å².